The Morgan fingerprint density at radius 1 is 1.07 bits per heavy atom. The first-order chi connectivity index (χ1) is 13.0. The highest BCUT2D eigenvalue weighted by atomic mass is 16.5. The summed E-state index contributed by atoms with van der Waals surface area (Å²) in [4.78, 5) is 26.5. The van der Waals surface area contributed by atoms with Gasteiger partial charge in [0, 0.05) is 18.7 Å². The average Bonchev–Trinajstić information content (AvgIpc) is 2.70. The number of benzene rings is 2. The van der Waals surface area contributed by atoms with Gasteiger partial charge in [-0.2, -0.15) is 0 Å². The van der Waals surface area contributed by atoms with E-state index in [4.69, 9.17) is 9.47 Å². The molecule has 0 saturated carbocycles. The molecule has 0 aliphatic carbocycles. The zero-order valence-corrected chi connectivity index (χ0v) is 15.9. The maximum absolute atomic E-state index is 12.5. The van der Waals surface area contributed by atoms with Gasteiger partial charge in [0.05, 0.1) is 20.8 Å². The summed E-state index contributed by atoms with van der Waals surface area (Å²) in [5.41, 5.74) is 3.76. The molecule has 0 bridgehead atoms. The van der Waals surface area contributed by atoms with Crippen molar-refractivity contribution in [3.8, 4) is 11.5 Å². The van der Waals surface area contributed by atoms with Crippen LogP contribution in [-0.4, -0.2) is 44.0 Å². The van der Waals surface area contributed by atoms with E-state index < -0.39 is 0 Å². The summed E-state index contributed by atoms with van der Waals surface area (Å²) in [6, 6.07) is 11.2. The summed E-state index contributed by atoms with van der Waals surface area (Å²) >= 11 is 0. The van der Waals surface area contributed by atoms with E-state index in [0.29, 0.717) is 30.2 Å². The predicted octanol–water partition coefficient (Wildman–Crippen LogP) is 2.33. The molecule has 2 aromatic carbocycles. The van der Waals surface area contributed by atoms with Crippen LogP contribution >= 0.6 is 0 Å². The number of methoxy groups -OCH3 is 2. The minimum absolute atomic E-state index is 0.0185. The summed E-state index contributed by atoms with van der Waals surface area (Å²) in [6.45, 7) is 3.02. The molecule has 0 unspecified atom stereocenters. The van der Waals surface area contributed by atoms with Crippen molar-refractivity contribution in [1.29, 1.82) is 0 Å². The smallest absolute Gasteiger partial charge is 0.251 e. The molecule has 2 amide bonds. The zero-order chi connectivity index (χ0) is 19.4. The maximum Gasteiger partial charge on any atom is 0.251 e. The van der Waals surface area contributed by atoms with Crippen LogP contribution in [0.25, 0.3) is 0 Å². The molecule has 1 aliphatic rings. The summed E-state index contributed by atoms with van der Waals surface area (Å²) in [5, 5.41) is 2.71. The van der Waals surface area contributed by atoms with Gasteiger partial charge in [0.15, 0.2) is 11.5 Å². The highest BCUT2D eigenvalue weighted by Crippen LogP contribution is 2.33. The molecule has 1 heterocycles. The van der Waals surface area contributed by atoms with E-state index in [2.05, 4.69) is 5.32 Å². The van der Waals surface area contributed by atoms with Gasteiger partial charge in [0.1, 0.15) is 0 Å². The molecule has 27 heavy (non-hydrogen) atoms. The van der Waals surface area contributed by atoms with Crippen LogP contribution in [0.5, 0.6) is 11.5 Å². The lowest BCUT2D eigenvalue weighted by Crippen LogP contribution is -2.42. The fourth-order valence-corrected chi connectivity index (χ4v) is 3.25. The van der Waals surface area contributed by atoms with Crippen LogP contribution in [0, 0.1) is 6.92 Å². The minimum atomic E-state index is -0.240. The van der Waals surface area contributed by atoms with Gasteiger partial charge in [0.2, 0.25) is 5.91 Å². The maximum atomic E-state index is 12.5. The number of aryl methyl sites for hydroxylation is 1. The second-order valence-corrected chi connectivity index (χ2v) is 6.59. The molecule has 0 radical (unpaired) electrons. The second kappa shape index (κ2) is 8.12. The van der Waals surface area contributed by atoms with Crippen molar-refractivity contribution in [3.05, 3.63) is 58.7 Å². The summed E-state index contributed by atoms with van der Waals surface area (Å²) in [6.07, 6.45) is 0.743. The van der Waals surface area contributed by atoms with Crippen molar-refractivity contribution in [2.75, 3.05) is 27.3 Å². The van der Waals surface area contributed by atoms with E-state index in [1.54, 1.807) is 31.3 Å². The lowest BCUT2D eigenvalue weighted by atomic mass is 9.98. The zero-order valence-electron chi connectivity index (χ0n) is 15.9. The number of nitrogens with zero attached hydrogens (tertiary/aromatic N) is 1. The first-order valence-electron chi connectivity index (χ1n) is 8.88. The first-order valence-corrected chi connectivity index (χ1v) is 8.88. The number of carbonyl (C=O) groups excluding carboxylic acids is 2. The predicted molar refractivity (Wildman–Crippen MR) is 102 cm³/mol. The Labute approximate surface area is 159 Å². The summed E-state index contributed by atoms with van der Waals surface area (Å²) in [5.74, 6) is 1.01. The van der Waals surface area contributed by atoms with Crippen LogP contribution in [0.3, 0.4) is 0 Å². The summed E-state index contributed by atoms with van der Waals surface area (Å²) < 4.78 is 10.7. The van der Waals surface area contributed by atoms with E-state index in [9.17, 15) is 9.59 Å². The molecule has 3 rings (SSSR count). The third-order valence-corrected chi connectivity index (χ3v) is 4.75. The molecule has 0 aromatic heterocycles. The van der Waals surface area contributed by atoms with Gasteiger partial charge in [0.25, 0.3) is 5.91 Å². The molecule has 2 aromatic rings. The van der Waals surface area contributed by atoms with E-state index in [0.717, 1.165) is 23.1 Å². The average molecular weight is 368 g/mol. The van der Waals surface area contributed by atoms with E-state index >= 15 is 0 Å². The van der Waals surface area contributed by atoms with Gasteiger partial charge < -0.3 is 19.7 Å². The fraction of sp³-hybridized carbons (Fsp3) is 0.333. The molecule has 0 saturated heterocycles. The van der Waals surface area contributed by atoms with Crippen LogP contribution in [0.2, 0.25) is 0 Å². The number of fused-ring (bicyclic) bond motifs is 1. The van der Waals surface area contributed by atoms with Gasteiger partial charge in [-0.25, -0.2) is 0 Å². The van der Waals surface area contributed by atoms with Crippen LogP contribution in [0.15, 0.2) is 36.4 Å². The number of amides is 2. The molecule has 6 nitrogen and oxygen atoms in total. The highest BCUT2D eigenvalue weighted by Gasteiger charge is 2.23. The van der Waals surface area contributed by atoms with Crippen molar-refractivity contribution in [1.82, 2.24) is 10.2 Å². The Hall–Kier alpha value is -3.02. The Morgan fingerprint density at radius 3 is 2.44 bits per heavy atom. The van der Waals surface area contributed by atoms with Gasteiger partial charge in [-0.05, 0) is 48.7 Å². The van der Waals surface area contributed by atoms with E-state index in [-0.39, 0.29) is 18.4 Å². The van der Waals surface area contributed by atoms with Crippen LogP contribution in [0.1, 0.15) is 27.0 Å². The first kappa shape index (κ1) is 18.8. The van der Waals surface area contributed by atoms with Gasteiger partial charge >= 0.3 is 0 Å². The standard InChI is InChI=1S/C21H24N2O4/c1-14-5-4-6-16(9-14)21(25)22-12-20(24)23-8-7-15-10-18(26-2)19(27-3)11-17(15)13-23/h4-6,9-11H,7-8,12-13H2,1-3H3,(H,22,25). The lowest BCUT2D eigenvalue weighted by molar-refractivity contribution is -0.131. The molecule has 0 spiro atoms. The SMILES string of the molecule is COc1cc2c(cc1OC)CN(C(=O)CNC(=O)c1cccc(C)c1)CC2. The molecule has 0 atom stereocenters. The van der Waals surface area contributed by atoms with Gasteiger partial charge in [-0.3, -0.25) is 9.59 Å². The van der Waals surface area contributed by atoms with Crippen LogP contribution < -0.4 is 14.8 Å². The second-order valence-electron chi connectivity index (χ2n) is 6.59. The van der Waals surface area contributed by atoms with Crippen LogP contribution in [-0.2, 0) is 17.8 Å². The lowest BCUT2D eigenvalue weighted by Gasteiger charge is -2.29. The number of hydrogen-bond donors (Lipinski definition) is 1. The molecule has 142 valence electrons. The number of ether oxygens (including phenoxy) is 2. The number of carbonyl (C=O) groups is 2. The van der Waals surface area contributed by atoms with Gasteiger partial charge in [-0.1, -0.05) is 17.7 Å². The van der Waals surface area contributed by atoms with Crippen molar-refractivity contribution in [3.63, 3.8) is 0 Å². The Kier molecular flexibility index (Phi) is 5.64. The molecule has 0 fully saturated rings. The normalized spacial score (nSPS) is 12.9. The van der Waals surface area contributed by atoms with Crippen molar-refractivity contribution in [2.24, 2.45) is 0 Å². The van der Waals surface area contributed by atoms with E-state index in [1.165, 1.54) is 0 Å². The number of hydrogen-bond acceptors (Lipinski definition) is 4. The van der Waals surface area contributed by atoms with Crippen molar-refractivity contribution < 1.29 is 19.1 Å². The Morgan fingerprint density at radius 2 is 1.78 bits per heavy atom. The van der Waals surface area contributed by atoms with Crippen LogP contribution in [0.4, 0.5) is 0 Å². The monoisotopic (exact) mass is 368 g/mol. The van der Waals surface area contributed by atoms with Crippen molar-refractivity contribution >= 4 is 11.8 Å². The quantitative estimate of drug-likeness (QED) is 0.880. The third kappa shape index (κ3) is 4.22. The number of rotatable bonds is 5. The molecular formula is C21H24N2O4. The van der Waals surface area contributed by atoms with Gasteiger partial charge in [-0.15, -0.1) is 0 Å². The Bertz CT molecular complexity index is 863. The summed E-state index contributed by atoms with van der Waals surface area (Å²) in [7, 11) is 3.20. The molecule has 6 heteroatoms. The third-order valence-electron chi connectivity index (χ3n) is 4.75. The Balaban J connectivity index is 1.63. The topological polar surface area (TPSA) is 67.9 Å². The molecular weight excluding hydrogens is 344 g/mol. The highest BCUT2D eigenvalue weighted by molar-refractivity contribution is 5.96. The van der Waals surface area contributed by atoms with E-state index in [1.807, 2.05) is 31.2 Å². The molecule has 1 N–H and O–H groups in total. The number of nitrogens with one attached hydrogen (secondary N) is 1. The minimum Gasteiger partial charge on any atom is -0.493 e. The molecule has 1 aliphatic heterocycles. The fourth-order valence-electron chi connectivity index (χ4n) is 3.25. The van der Waals surface area contributed by atoms with Crippen molar-refractivity contribution in [2.45, 2.75) is 19.9 Å². The largest absolute Gasteiger partial charge is 0.493 e.